The molecule has 1 aliphatic heterocycles. The first-order chi connectivity index (χ1) is 7.86. The highest BCUT2D eigenvalue weighted by Gasteiger charge is 2.17. The van der Waals surface area contributed by atoms with E-state index in [0.29, 0.717) is 6.04 Å². The quantitative estimate of drug-likeness (QED) is 0.736. The van der Waals surface area contributed by atoms with E-state index in [0.717, 1.165) is 36.5 Å². The third kappa shape index (κ3) is 1.62. The number of fused-ring (bicyclic) bond motifs is 1. The highest BCUT2D eigenvalue weighted by Crippen LogP contribution is 2.30. The number of aromatic nitrogens is 1. The Bertz CT molecular complexity index is 500. The average molecular weight is 236 g/mol. The normalized spacial score (nSPS) is 18.1. The van der Waals surface area contributed by atoms with Crippen molar-refractivity contribution in [2.24, 2.45) is 0 Å². The summed E-state index contributed by atoms with van der Waals surface area (Å²) in [5.74, 6) is 0. The summed E-state index contributed by atoms with van der Waals surface area (Å²) < 4.78 is 7.73. The molecule has 0 amide bonds. The molecule has 0 radical (unpaired) electrons. The fourth-order valence-corrected chi connectivity index (χ4v) is 2.67. The molecule has 3 heteroatoms. The number of hydrogen-bond donors (Lipinski definition) is 0. The monoisotopic (exact) mass is 235 g/mol. The van der Waals surface area contributed by atoms with Crippen molar-refractivity contribution in [1.29, 1.82) is 0 Å². The molecule has 1 aromatic heterocycles. The Morgan fingerprint density at radius 1 is 1.19 bits per heavy atom. The number of halogens is 1. The van der Waals surface area contributed by atoms with Crippen LogP contribution in [0, 0.1) is 0 Å². The fraction of sp³-hybridized carbons (Fsp3) is 0.385. The zero-order valence-corrected chi connectivity index (χ0v) is 9.78. The van der Waals surface area contributed by atoms with E-state index < -0.39 is 0 Å². The molecule has 1 aromatic carbocycles. The molecule has 84 valence electrons. The molecule has 0 bridgehead atoms. The summed E-state index contributed by atoms with van der Waals surface area (Å²) >= 11 is 6.17. The first-order valence-electron chi connectivity index (χ1n) is 5.69. The molecule has 16 heavy (non-hydrogen) atoms. The third-order valence-corrected chi connectivity index (χ3v) is 3.62. The van der Waals surface area contributed by atoms with Gasteiger partial charge in [0.15, 0.2) is 0 Å². The zero-order valence-electron chi connectivity index (χ0n) is 9.03. The van der Waals surface area contributed by atoms with Gasteiger partial charge in [-0.15, -0.1) is 0 Å². The van der Waals surface area contributed by atoms with E-state index >= 15 is 0 Å². The van der Waals surface area contributed by atoms with Crippen LogP contribution in [0.5, 0.6) is 0 Å². The molecule has 0 N–H and O–H groups in total. The van der Waals surface area contributed by atoms with Gasteiger partial charge in [-0.1, -0.05) is 17.7 Å². The van der Waals surface area contributed by atoms with Gasteiger partial charge in [0.2, 0.25) is 0 Å². The highest BCUT2D eigenvalue weighted by molar-refractivity contribution is 6.35. The lowest BCUT2D eigenvalue weighted by atomic mass is 10.1. The van der Waals surface area contributed by atoms with Crippen LogP contribution in [-0.2, 0) is 4.74 Å². The Hall–Kier alpha value is -0.990. The first-order valence-corrected chi connectivity index (χ1v) is 6.07. The standard InChI is InChI=1S/C13H14ClNO/c14-12-2-1-3-13-11(12)4-7-15(13)10-5-8-16-9-6-10/h1-4,7,10H,5-6,8-9H2. The summed E-state index contributed by atoms with van der Waals surface area (Å²) in [6, 6.07) is 8.76. The maximum absolute atomic E-state index is 6.17. The molecule has 2 heterocycles. The van der Waals surface area contributed by atoms with Gasteiger partial charge >= 0.3 is 0 Å². The number of hydrogen-bond acceptors (Lipinski definition) is 1. The van der Waals surface area contributed by atoms with Crippen LogP contribution in [-0.4, -0.2) is 17.8 Å². The number of benzene rings is 1. The Morgan fingerprint density at radius 2 is 2.00 bits per heavy atom. The van der Waals surface area contributed by atoms with E-state index in [2.05, 4.69) is 22.9 Å². The predicted octanol–water partition coefficient (Wildman–Crippen LogP) is 3.65. The van der Waals surface area contributed by atoms with Crippen molar-refractivity contribution in [2.45, 2.75) is 18.9 Å². The average Bonchev–Trinajstić information content (AvgIpc) is 2.75. The van der Waals surface area contributed by atoms with Gasteiger partial charge in [0.05, 0.1) is 0 Å². The molecule has 1 saturated heterocycles. The van der Waals surface area contributed by atoms with E-state index in [4.69, 9.17) is 16.3 Å². The lowest BCUT2D eigenvalue weighted by molar-refractivity contribution is 0.0707. The number of nitrogens with zero attached hydrogens (tertiary/aromatic N) is 1. The van der Waals surface area contributed by atoms with Crippen LogP contribution in [0.3, 0.4) is 0 Å². The molecule has 0 spiro atoms. The number of rotatable bonds is 1. The SMILES string of the molecule is Clc1cccc2c1ccn2C1CCOCC1. The second-order valence-electron chi connectivity index (χ2n) is 4.24. The maximum atomic E-state index is 6.17. The van der Waals surface area contributed by atoms with Crippen LogP contribution >= 0.6 is 11.6 Å². The van der Waals surface area contributed by atoms with Gasteiger partial charge in [0, 0.05) is 41.4 Å². The zero-order chi connectivity index (χ0) is 11.0. The summed E-state index contributed by atoms with van der Waals surface area (Å²) in [7, 11) is 0. The summed E-state index contributed by atoms with van der Waals surface area (Å²) in [4.78, 5) is 0. The molecule has 0 unspecified atom stereocenters. The van der Waals surface area contributed by atoms with Gasteiger partial charge in [0.25, 0.3) is 0 Å². The van der Waals surface area contributed by atoms with Crippen molar-refractivity contribution in [3.05, 3.63) is 35.5 Å². The third-order valence-electron chi connectivity index (χ3n) is 3.29. The fourth-order valence-electron chi connectivity index (χ4n) is 2.43. The van der Waals surface area contributed by atoms with Crippen molar-refractivity contribution in [1.82, 2.24) is 4.57 Å². The molecule has 2 aromatic rings. The second-order valence-corrected chi connectivity index (χ2v) is 4.65. The van der Waals surface area contributed by atoms with Crippen molar-refractivity contribution < 1.29 is 4.74 Å². The second kappa shape index (κ2) is 4.11. The smallest absolute Gasteiger partial charge is 0.0499 e. The molecule has 0 aliphatic carbocycles. The first kappa shape index (κ1) is 10.2. The van der Waals surface area contributed by atoms with Crippen molar-refractivity contribution >= 4 is 22.5 Å². The molecular weight excluding hydrogens is 222 g/mol. The summed E-state index contributed by atoms with van der Waals surface area (Å²) in [6.07, 6.45) is 4.33. The molecule has 2 nitrogen and oxygen atoms in total. The van der Waals surface area contributed by atoms with Gasteiger partial charge in [-0.25, -0.2) is 0 Å². The summed E-state index contributed by atoms with van der Waals surface area (Å²) in [5.41, 5.74) is 1.24. The van der Waals surface area contributed by atoms with E-state index in [1.165, 1.54) is 5.52 Å². The lowest BCUT2D eigenvalue weighted by Gasteiger charge is -2.24. The Kier molecular flexibility index (Phi) is 2.62. The van der Waals surface area contributed by atoms with E-state index in [-0.39, 0.29) is 0 Å². The van der Waals surface area contributed by atoms with E-state index in [9.17, 15) is 0 Å². The van der Waals surface area contributed by atoms with Crippen LogP contribution < -0.4 is 0 Å². The topological polar surface area (TPSA) is 14.2 Å². The number of ether oxygens (including phenoxy) is 1. The van der Waals surface area contributed by atoms with Gasteiger partial charge in [-0.3, -0.25) is 0 Å². The molecule has 1 fully saturated rings. The molecule has 0 atom stereocenters. The van der Waals surface area contributed by atoms with Crippen LogP contribution in [0.15, 0.2) is 30.5 Å². The van der Waals surface area contributed by atoms with Crippen LogP contribution in [0.1, 0.15) is 18.9 Å². The minimum Gasteiger partial charge on any atom is -0.381 e. The summed E-state index contributed by atoms with van der Waals surface area (Å²) in [6.45, 7) is 1.73. The van der Waals surface area contributed by atoms with Crippen LogP contribution in [0.25, 0.3) is 10.9 Å². The molecule has 3 rings (SSSR count). The minimum absolute atomic E-state index is 0.560. The van der Waals surface area contributed by atoms with Gasteiger partial charge in [0.1, 0.15) is 0 Å². The molecule has 1 aliphatic rings. The van der Waals surface area contributed by atoms with Crippen LogP contribution in [0.4, 0.5) is 0 Å². The van der Waals surface area contributed by atoms with Gasteiger partial charge in [-0.2, -0.15) is 0 Å². The summed E-state index contributed by atoms with van der Waals surface area (Å²) in [5, 5.41) is 1.99. The van der Waals surface area contributed by atoms with E-state index in [1.807, 2.05) is 12.1 Å². The van der Waals surface area contributed by atoms with Gasteiger partial charge in [-0.05, 0) is 31.0 Å². The lowest BCUT2D eigenvalue weighted by Crippen LogP contribution is -2.18. The maximum Gasteiger partial charge on any atom is 0.0499 e. The van der Waals surface area contributed by atoms with Gasteiger partial charge < -0.3 is 9.30 Å². The van der Waals surface area contributed by atoms with Crippen molar-refractivity contribution in [3.63, 3.8) is 0 Å². The Morgan fingerprint density at radius 3 is 2.81 bits per heavy atom. The predicted molar refractivity (Wildman–Crippen MR) is 66.0 cm³/mol. The Balaban J connectivity index is 2.06. The Labute approximate surface area is 99.8 Å². The van der Waals surface area contributed by atoms with Crippen molar-refractivity contribution in [2.75, 3.05) is 13.2 Å². The molecule has 0 saturated carbocycles. The van der Waals surface area contributed by atoms with Crippen molar-refractivity contribution in [3.8, 4) is 0 Å². The van der Waals surface area contributed by atoms with Crippen LogP contribution in [0.2, 0.25) is 5.02 Å². The van der Waals surface area contributed by atoms with E-state index in [1.54, 1.807) is 0 Å². The highest BCUT2D eigenvalue weighted by atomic mass is 35.5. The molecular formula is C13H14ClNO. The largest absolute Gasteiger partial charge is 0.381 e. The minimum atomic E-state index is 0.560.